The highest BCUT2D eigenvalue weighted by molar-refractivity contribution is 5.76. The molecule has 0 heterocycles. The van der Waals surface area contributed by atoms with Gasteiger partial charge in [-0.3, -0.25) is 4.79 Å². The van der Waals surface area contributed by atoms with Gasteiger partial charge in [0.25, 0.3) is 0 Å². The average Bonchev–Trinajstić information content (AvgIpc) is 2.52. The second-order valence-corrected chi connectivity index (χ2v) is 4.66. The minimum atomic E-state index is -0.855. The van der Waals surface area contributed by atoms with Crippen molar-refractivity contribution in [2.24, 2.45) is 0 Å². The third-order valence-electron chi connectivity index (χ3n) is 3.41. The molecule has 110 valence electrons. The zero-order valence-corrected chi connectivity index (χ0v) is 12.1. The Hall–Kier alpha value is -2.49. The van der Waals surface area contributed by atoms with Gasteiger partial charge in [-0.25, -0.2) is 0 Å². The van der Waals surface area contributed by atoms with Crippen molar-refractivity contribution in [2.45, 2.75) is 12.3 Å². The number of hydrogen-bond donors (Lipinski definition) is 1. The summed E-state index contributed by atoms with van der Waals surface area (Å²) in [5.74, 6) is -0.285. The summed E-state index contributed by atoms with van der Waals surface area (Å²) in [6, 6.07) is 14.7. The van der Waals surface area contributed by atoms with Crippen molar-refractivity contribution < 1.29 is 19.4 Å². The third kappa shape index (κ3) is 3.34. The molecule has 0 saturated heterocycles. The van der Waals surface area contributed by atoms with Crippen LogP contribution in [0.15, 0.2) is 48.5 Å². The molecule has 0 aliphatic heterocycles. The molecule has 0 aliphatic rings. The van der Waals surface area contributed by atoms with Crippen molar-refractivity contribution in [3.8, 4) is 11.5 Å². The molecule has 2 aromatic carbocycles. The van der Waals surface area contributed by atoms with Crippen LogP contribution in [0.5, 0.6) is 11.5 Å². The summed E-state index contributed by atoms with van der Waals surface area (Å²) in [6.07, 6.45) is 0.347. The fourth-order valence-corrected chi connectivity index (χ4v) is 2.37. The Morgan fingerprint density at radius 1 is 1.05 bits per heavy atom. The molecule has 0 bridgehead atoms. The molecule has 1 atom stereocenters. The minimum Gasteiger partial charge on any atom is -0.493 e. The SMILES string of the molecule is COc1cccc(CC(C(=O)O)c2ccccc2)c1OC. The first kappa shape index (κ1) is 14.9. The van der Waals surface area contributed by atoms with Crippen LogP contribution in [0.2, 0.25) is 0 Å². The lowest BCUT2D eigenvalue weighted by atomic mass is 9.91. The van der Waals surface area contributed by atoms with Crippen molar-refractivity contribution in [2.75, 3.05) is 14.2 Å². The normalized spacial score (nSPS) is 11.7. The lowest BCUT2D eigenvalue weighted by molar-refractivity contribution is -0.138. The highest BCUT2D eigenvalue weighted by atomic mass is 16.5. The maximum atomic E-state index is 11.6. The Labute approximate surface area is 123 Å². The maximum Gasteiger partial charge on any atom is 0.311 e. The highest BCUT2D eigenvalue weighted by Gasteiger charge is 2.22. The maximum absolute atomic E-state index is 11.6. The van der Waals surface area contributed by atoms with Gasteiger partial charge in [-0.1, -0.05) is 42.5 Å². The van der Waals surface area contributed by atoms with Crippen LogP contribution in [0, 0.1) is 0 Å². The van der Waals surface area contributed by atoms with E-state index in [9.17, 15) is 9.90 Å². The predicted octanol–water partition coefficient (Wildman–Crippen LogP) is 3.11. The van der Waals surface area contributed by atoms with E-state index in [-0.39, 0.29) is 0 Å². The number of ether oxygens (including phenoxy) is 2. The van der Waals surface area contributed by atoms with Gasteiger partial charge in [0.2, 0.25) is 0 Å². The van der Waals surface area contributed by atoms with E-state index in [1.165, 1.54) is 0 Å². The topological polar surface area (TPSA) is 55.8 Å². The molecule has 0 spiro atoms. The number of carboxylic acids is 1. The van der Waals surface area contributed by atoms with E-state index in [0.29, 0.717) is 17.9 Å². The molecule has 0 aliphatic carbocycles. The second-order valence-electron chi connectivity index (χ2n) is 4.66. The number of rotatable bonds is 6. The molecule has 0 fully saturated rings. The Balaban J connectivity index is 2.36. The summed E-state index contributed by atoms with van der Waals surface area (Å²) in [4.78, 5) is 11.6. The number of carbonyl (C=O) groups is 1. The first-order chi connectivity index (χ1) is 10.2. The molecule has 0 amide bonds. The Bertz CT molecular complexity index is 607. The number of hydrogen-bond acceptors (Lipinski definition) is 3. The van der Waals surface area contributed by atoms with Crippen LogP contribution in [0.4, 0.5) is 0 Å². The van der Waals surface area contributed by atoms with Crippen molar-refractivity contribution in [1.29, 1.82) is 0 Å². The molecule has 1 unspecified atom stereocenters. The van der Waals surface area contributed by atoms with Gasteiger partial charge in [0, 0.05) is 0 Å². The molecular formula is C17H18O4. The molecule has 4 nitrogen and oxygen atoms in total. The Morgan fingerprint density at radius 3 is 2.33 bits per heavy atom. The lowest BCUT2D eigenvalue weighted by Gasteiger charge is -2.16. The van der Waals surface area contributed by atoms with Crippen molar-refractivity contribution in [3.05, 3.63) is 59.7 Å². The molecular weight excluding hydrogens is 268 g/mol. The van der Waals surface area contributed by atoms with Gasteiger partial charge < -0.3 is 14.6 Å². The zero-order chi connectivity index (χ0) is 15.2. The molecule has 0 radical (unpaired) electrons. The fourth-order valence-electron chi connectivity index (χ4n) is 2.37. The van der Waals surface area contributed by atoms with Gasteiger partial charge in [0.15, 0.2) is 11.5 Å². The van der Waals surface area contributed by atoms with Crippen LogP contribution in [-0.2, 0) is 11.2 Å². The highest BCUT2D eigenvalue weighted by Crippen LogP contribution is 2.34. The van der Waals surface area contributed by atoms with Gasteiger partial charge in [-0.2, -0.15) is 0 Å². The second kappa shape index (κ2) is 6.79. The van der Waals surface area contributed by atoms with Crippen molar-refractivity contribution >= 4 is 5.97 Å². The standard InChI is InChI=1S/C17H18O4/c1-20-15-10-6-9-13(16(15)21-2)11-14(17(18)19)12-7-4-3-5-8-12/h3-10,14H,11H2,1-2H3,(H,18,19). The minimum absolute atomic E-state index is 0.347. The zero-order valence-electron chi connectivity index (χ0n) is 12.1. The third-order valence-corrected chi connectivity index (χ3v) is 3.41. The summed E-state index contributed by atoms with van der Waals surface area (Å²) in [6.45, 7) is 0. The van der Waals surface area contributed by atoms with Crippen molar-refractivity contribution in [1.82, 2.24) is 0 Å². The van der Waals surface area contributed by atoms with Crippen molar-refractivity contribution in [3.63, 3.8) is 0 Å². The Kier molecular flexibility index (Phi) is 4.82. The van der Waals surface area contributed by atoms with Crippen LogP contribution in [0.25, 0.3) is 0 Å². The van der Waals surface area contributed by atoms with Crippen LogP contribution in [0.3, 0.4) is 0 Å². The molecule has 1 N–H and O–H groups in total. The molecule has 2 rings (SSSR count). The molecule has 2 aromatic rings. The number of carboxylic acid groups (broad SMARTS) is 1. The van der Waals surface area contributed by atoms with E-state index in [0.717, 1.165) is 11.1 Å². The summed E-state index contributed by atoms with van der Waals surface area (Å²) >= 11 is 0. The number of methoxy groups -OCH3 is 2. The largest absolute Gasteiger partial charge is 0.493 e. The van der Waals surface area contributed by atoms with Gasteiger partial charge >= 0.3 is 5.97 Å². The van der Waals surface area contributed by atoms with E-state index in [1.807, 2.05) is 42.5 Å². The lowest BCUT2D eigenvalue weighted by Crippen LogP contribution is -2.15. The molecule has 4 heteroatoms. The van der Waals surface area contributed by atoms with Gasteiger partial charge in [-0.05, 0) is 23.6 Å². The van der Waals surface area contributed by atoms with E-state index < -0.39 is 11.9 Å². The van der Waals surface area contributed by atoms with Gasteiger partial charge in [0.1, 0.15) is 0 Å². The quantitative estimate of drug-likeness (QED) is 0.886. The smallest absolute Gasteiger partial charge is 0.311 e. The first-order valence-corrected chi connectivity index (χ1v) is 6.65. The van der Waals surface area contributed by atoms with E-state index >= 15 is 0 Å². The van der Waals surface area contributed by atoms with Gasteiger partial charge in [0.05, 0.1) is 20.1 Å². The predicted molar refractivity (Wildman–Crippen MR) is 80.1 cm³/mol. The van der Waals surface area contributed by atoms with E-state index in [1.54, 1.807) is 20.3 Å². The Morgan fingerprint density at radius 2 is 1.76 bits per heavy atom. The first-order valence-electron chi connectivity index (χ1n) is 6.65. The number of benzene rings is 2. The molecule has 21 heavy (non-hydrogen) atoms. The fraction of sp³-hybridized carbons (Fsp3) is 0.235. The average molecular weight is 286 g/mol. The number of aliphatic carboxylic acids is 1. The van der Waals surface area contributed by atoms with Gasteiger partial charge in [-0.15, -0.1) is 0 Å². The monoisotopic (exact) mass is 286 g/mol. The van der Waals surface area contributed by atoms with Crippen LogP contribution in [-0.4, -0.2) is 25.3 Å². The summed E-state index contributed by atoms with van der Waals surface area (Å²) < 4.78 is 10.6. The van der Waals surface area contributed by atoms with Crippen LogP contribution >= 0.6 is 0 Å². The number of para-hydroxylation sites is 1. The molecule has 0 aromatic heterocycles. The summed E-state index contributed by atoms with van der Waals surface area (Å²) in [5.41, 5.74) is 1.59. The van der Waals surface area contributed by atoms with Crippen LogP contribution in [0.1, 0.15) is 17.0 Å². The van der Waals surface area contributed by atoms with E-state index in [4.69, 9.17) is 9.47 Å². The van der Waals surface area contributed by atoms with Crippen LogP contribution < -0.4 is 9.47 Å². The molecule has 0 saturated carbocycles. The summed E-state index contributed by atoms with van der Waals surface area (Å²) in [7, 11) is 3.12. The summed E-state index contributed by atoms with van der Waals surface area (Å²) in [5, 5.41) is 9.51. The van der Waals surface area contributed by atoms with E-state index in [2.05, 4.69) is 0 Å².